The lowest BCUT2D eigenvalue weighted by molar-refractivity contribution is 0.239. The highest BCUT2D eigenvalue weighted by molar-refractivity contribution is 7.54. The largest absolute Gasteiger partial charge is 0.380 e. The Morgan fingerprint density at radius 2 is 1.83 bits per heavy atom. The first-order valence-corrected chi connectivity index (χ1v) is 8.44. The van der Waals surface area contributed by atoms with Gasteiger partial charge in [0, 0.05) is 5.92 Å². The van der Waals surface area contributed by atoms with Crippen molar-refractivity contribution in [3.63, 3.8) is 0 Å². The molecule has 0 aliphatic heterocycles. The van der Waals surface area contributed by atoms with Crippen LogP contribution >= 0.6 is 7.80 Å². The van der Waals surface area contributed by atoms with Crippen LogP contribution in [-0.2, 0) is 4.57 Å². The monoisotopic (exact) mass is 263 g/mol. The second-order valence-corrected chi connectivity index (χ2v) is 7.89. The highest BCUT2D eigenvalue weighted by Crippen LogP contribution is 2.45. The SMILES string of the molecule is CC(C)[C@@H]1CC[C@@H](C)C[C@H]1[P+](=O)c1ccccc1. The fourth-order valence-corrected chi connectivity index (χ4v) is 5.43. The quantitative estimate of drug-likeness (QED) is 0.728. The minimum absolute atomic E-state index is 0.381. The molecule has 1 aliphatic rings. The van der Waals surface area contributed by atoms with E-state index in [-0.39, 0.29) is 0 Å². The zero-order chi connectivity index (χ0) is 13.1. The summed E-state index contributed by atoms with van der Waals surface area (Å²) in [7, 11) is -1.24. The highest BCUT2D eigenvalue weighted by atomic mass is 31.1. The summed E-state index contributed by atoms with van der Waals surface area (Å²) in [6.07, 6.45) is 3.68. The van der Waals surface area contributed by atoms with E-state index < -0.39 is 7.80 Å². The molecular weight excluding hydrogens is 239 g/mol. The minimum Gasteiger partial charge on any atom is -0.0677 e. The van der Waals surface area contributed by atoms with Crippen LogP contribution in [0.25, 0.3) is 0 Å². The van der Waals surface area contributed by atoms with Gasteiger partial charge in [0.15, 0.2) is 11.0 Å². The molecular formula is C16H24OP+. The van der Waals surface area contributed by atoms with Gasteiger partial charge in [-0.3, -0.25) is 0 Å². The molecule has 1 saturated carbocycles. The van der Waals surface area contributed by atoms with Crippen molar-refractivity contribution < 1.29 is 4.57 Å². The molecule has 0 amide bonds. The van der Waals surface area contributed by atoms with Gasteiger partial charge in [0.1, 0.15) is 0 Å². The predicted molar refractivity (Wildman–Crippen MR) is 78.8 cm³/mol. The summed E-state index contributed by atoms with van der Waals surface area (Å²) in [6.45, 7) is 6.86. The van der Waals surface area contributed by atoms with Crippen molar-refractivity contribution in [2.45, 2.75) is 45.7 Å². The maximum Gasteiger partial charge on any atom is 0.380 e. The van der Waals surface area contributed by atoms with Gasteiger partial charge in [0.25, 0.3) is 0 Å². The van der Waals surface area contributed by atoms with Crippen LogP contribution in [0.1, 0.15) is 40.0 Å². The maximum absolute atomic E-state index is 12.8. The number of hydrogen-bond acceptors (Lipinski definition) is 1. The van der Waals surface area contributed by atoms with Crippen molar-refractivity contribution in [3.8, 4) is 0 Å². The zero-order valence-corrected chi connectivity index (χ0v) is 12.6. The number of rotatable bonds is 3. The summed E-state index contributed by atoms with van der Waals surface area (Å²) < 4.78 is 12.8. The Morgan fingerprint density at radius 1 is 1.17 bits per heavy atom. The molecule has 18 heavy (non-hydrogen) atoms. The third kappa shape index (κ3) is 3.01. The van der Waals surface area contributed by atoms with Gasteiger partial charge in [-0.15, -0.1) is 0 Å². The highest BCUT2D eigenvalue weighted by Gasteiger charge is 2.43. The Kier molecular flexibility index (Phi) is 4.56. The van der Waals surface area contributed by atoms with Crippen LogP contribution in [0.2, 0.25) is 0 Å². The van der Waals surface area contributed by atoms with Crippen molar-refractivity contribution >= 4 is 13.1 Å². The molecule has 1 aromatic rings. The third-order valence-electron chi connectivity index (χ3n) is 4.30. The van der Waals surface area contributed by atoms with Crippen molar-refractivity contribution in [3.05, 3.63) is 30.3 Å². The van der Waals surface area contributed by atoms with Gasteiger partial charge in [-0.25, -0.2) is 0 Å². The molecule has 1 fully saturated rings. The summed E-state index contributed by atoms with van der Waals surface area (Å²) in [4.78, 5) is 0. The van der Waals surface area contributed by atoms with Crippen LogP contribution in [0.5, 0.6) is 0 Å². The standard InChI is InChI=1S/C16H24OP/c1-12(2)15-10-9-13(3)11-16(15)18(17)14-7-5-4-6-8-14/h4-8,12-13,15-16H,9-11H2,1-3H3/q+1/t13-,15+,16-/m1/s1. The summed E-state index contributed by atoms with van der Waals surface area (Å²) in [5.41, 5.74) is 0.381. The average molecular weight is 263 g/mol. The number of benzene rings is 1. The molecule has 1 aromatic carbocycles. The lowest BCUT2D eigenvalue weighted by Crippen LogP contribution is -2.31. The molecule has 1 nitrogen and oxygen atoms in total. The molecule has 0 N–H and O–H groups in total. The summed E-state index contributed by atoms with van der Waals surface area (Å²) in [5, 5.41) is 1.04. The van der Waals surface area contributed by atoms with E-state index in [1.807, 2.05) is 30.3 Å². The minimum atomic E-state index is -1.24. The Balaban J connectivity index is 2.20. The molecule has 0 bridgehead atoms. The van der Waals surface area contributed by atoms with Crippen molar-refractivity contribution in [2.75, 3.05) is 0 Å². The second-order valence-electron chi connectivity index (χ2n) is 6.05. The molecule has 2 heteroatoms. The lowest BCUT2D eigenvalue weighted by atomic mass is 9.77. The van der Waals surface area contributed by atoms with Gasteiger partial charge in [0.2, 0.25) is 0 Å². The Morgan fingerprint density at radius 3 is 2.44 bits per heavy atom. The van der Waals surface area contributed by atoms with Crippen molar-refractivity contribution in [1.82, 2.24) is 0 Å². The first-order chi connectivity index (χ1) is 8.59. The smallest absolute Gasteiger partial charge is 0.0677 e. The molecule has 0 spiro atoms. The molecule has 0 aromatic heterocycles. The Bertz CT molecular complexity index is 399. The first kappa shape index (κ1) is 13.7. The summed E-state index contributed by atoms with van der Waals surface area (Å²) in [6, 6.07) is 10.0. The van der Waals surface area contributed by atoms with E-state index >= 15 is 0 Å². The first-order valence-electron chi connectivity index (χ1n) is 7.11. The topological polar surface area (TPSA) is 17.1 Å². The average Bonchev–Trinajstić information content (AvgIpc) is 2.38. The number of hydrogen-bond donors (Lipinski definition) is 0. The van der Waals surface area contributed by atoms with Gasteiger partial charge in [-0.2, -0.15) is 0 Å². The van der Waals surface area contributed by atoms with Crippen molar-refractivity contribution in [2.24, 2.45) is 17.8 Å². The Hall–Kier alpha value is -0.680. The van der Waals surface area contributed by atoms with Crippen LogP contribution < -0.4 is 5.30 Å². The second kappa shape index (κ2) is 5.97. The Labute approximate surface area is 112 Å². The van der Waals surface area contributed by atoms with Gasteiger partial charge in [0.05, 0.1) is 0 Å². The maximum atomic E-state index is 12.8. The van der Waals surface area contributed by atoms with E-state index in [1.54, 1.807) is 0 Å². The van der Waals surface area contributed by atoms with Crippen LogP contribution in [0.4, 0.5) is 0 Å². The third-order valence-corrected chi connectivity index (χ3v) is 6.30. The van der Waals surface area contributed by atoms with E-state index in [1.165, 1.54) is 12.8 Å². The summed E-state index contributed by atoms with van der Waals surface area (Å²) in [5.74, 6) is 2.00. The molecule has 2 rings (SSSR count). The predicted octanol–water partition coefficient (Wildman–Crippen LogP) is 4.60. The van der Waals surface area contributed by atoms with E-state index in [2.05, 4.69) is 20.8 Å². The molecule has 4 atom stereocenters. The fourth-order valence-electron chi connectivity index (χ4n) is 3.19. The molecule has 1 aliphatic carbocycles. The zero-order valence-electron chi connectivity index (χ0n) is 11.7. The van der Waals surface area contributed by atoms with Gasteiger partial charge in [-0.1, -0.05) is 50.0 Å². The van der Waals surface area contributed by atoms with E-state index in [4.69, 9.17) is 0 Å². The van der Waals surface area contributed by atoms with Gasteiger partial charge < -0.3 is 0 Å². The van der Waals surface area contributed by atoms with Crippen LogP contribution in [0, 0.1) is 17.8 Å². The van der Waals surface area contributed by atoms with Crippen LogP contribution in [0.15, 0.2) is 30.3 Å². The van der Waals surface area contributed by atoms with Crippen LogP contribution in [-0.4, -0.2) is 5.66 Å². The van der Waals surface area contributed by atoms with E-state index in [0.29, 0.717) is 17.5 Å². The lowest BCUT2D eigenvalue weighted by Gasteiger charge is -2.31. The van der Waals surface area contributed by atoms with E-state index in [9.17, 15) is 4.57 Å². The van der Waals surface area contributed by atoms with Gasteiger partial charge >= 0.3 is 7.80 Å². The van der Waals surface area contributed by atoms with Crippen molar-refractivity contribution in [1.29, 1.82) is 0 Å². The molecule has 0 saturated heterocycles. The van der Waals surface area contributed by atoms with E-state index in [0.717, 1.165) is 17.6 Å². The van der Waals surface area contributed by atoms with Crippen LogP contribution in [0.3, 0.4) is 0 Å². The van der Waals surface area contributed by atoms with Gasteiger partial charge in [-0.05, 0) is 36.8 Å². The summed E-state index contributed by atoms with van der Waals surface area (Å²) >= 11 is 0. The fraction of sp³-hybridized carbons (Fsp3) is 0.625. The molecule has 0 radical (unpaired) electrons. The molecule has 0 heterocycles. The molecule has 98 valence electrons. The molecule has 1 unspecified atom stereocenters. The normalized spacial score (nSPS) is 29.3.